The number of nitrogens with one attached hydrogen (secondary N) is 1. The molecule has 0 saturated heterocycles. The molecule has 0 radical (unpaired) electrons. The third kappa shape index (κ3) is 4.33. The second-order valence-electron chi connectivity index (χ2n) is 6.38. The third-order valence-electron chi connectivity index (χ3n) is 4.31. The quantitative estimate of drug-likeness (QED) is 0.259. The summed E-state index contributed by atoms with van der Waals surface area (Å²) in [6.45, 7) is 0. The molecule has 0 unspecified atom stereocenters. The number of carbonyl (C=O) groups is 2. The van der Waals surface area contributed by atoms with Gasteiger partial charge in [-0.1, -0.05) is 12.1 Å². The molecule has 4 rings (SSSR count). The molecule has 4 aromatic rings. The smallest absolute Gasteiger partial charge is 0.335 e. The van der Waals surface area contributed by atoms with Crippen molar-refractivity contribution in [2.24, 2.45) is 5.10 Å². The predicted octanol–water partition coefficient (Wildman–Crippen LogP) is 4.53. The number of hydrazone groups is 1. The van der Waals surface area contributed by atoms with Crippen LogP contribution in [0.3, 0.4) is 0 Å². The van der Waals surface area contributed by atoms with E-state index >= 15 is 0 Å². The van der Waals surface area contributed by atoms with Crippen molar-refractivity contribution in [3.63, 3.8) is 0 Å². The summed E-state index contributed by atoms with van der Waals surface area (Å²) in [4.78, 5) is 34.2. The van der Waals surface area contributed by atoms with E-state index in [2.05, 4.69) is 10.5 Å². The molecule has 2 aromatic carbocycles. The van der Waals surface area contributed by atoms with Crippen LogP contribution in [0.4, 0.5) is 5.69 Å². The number of rotatable bonds is 6. The summed E-state index contributed by atoms with van der Waals surface area (Å²) in [5.74, 6) is -0.667. The summed E-state index contributed by atoms with van der Waals surface area (Å²) >= 11 is 1.20. The van der Waals surface area contributed by atoms with Crippen LogP contribution in [0.15, 0.2) is 70.2 Å². The lowest BCUT2D eigenvalue weighted by Crippen LogP contribution is -2.15. The number of carboxylic acid groups (broad SMARTS) is 1. The number of non-ortho nitro benzene ring substituents is 1. The highest BCUT2D eigenvalue weighted by molar-refractivity contribution is 7.20. The van der Waals surface area contributed by atoms with Crippen LogP contribution < -0.4 is 5.43 Å². The summed E-state index contributed by atoms with van der Waals surface area (Å²) in [5.41, 5.74) is 3.09. The highest BCUT2D eigenvalue weighted by Crippen LogP contribution is 2.29. The molecule has 10 heteroatoms. The van der Waals surface area contributed by atoms with E-state index in [-0.39, 0.29) is 11.3 Å². The highest BCUT2D eigenvalue weighted by atomic mass is 32.1. The fourth-order valence-corrected chi connectivity index (χ4v) is 3.78. The topological polar surface area (TPSA) is 135 Å². The minimum absolute atomic E-state index is 0.0437. The van der Waals surface area contributed by atoms with Crippen LogP contribution in [-0.4, -0.2) is 28.1 Å². The number of nitrogens with zero attached hydrogens (tertiary/aromatic N) is 2. The Hall–Kier alpha value is -4.31. The van der Waals surface area contributed by atoms with E-state index in [4.69, 9.17) is 9.52 Å². The Morgan fingerprint density at radius 3 is 2.74 bits per heavy atom. The Bertz CT molecular complexity index is 1350. The number of thiophene rings is 1. The molecule has 0 saturated carbocycles. The van der Waals surface area contributed by atoms with E-state index in [0.717, 1.165) is 4.70 Å². The molecule has 0 fully saturated rings. The molecular weight excluding hydrogens is 422 g/mol. The van der Waals surface area contributed by atoms with E-state index in [1.165, 1.54) is 41.8 Å². The first-order valence-electron chi connectivity index (χ1n) is 8.86. The van der Waals surface area contributed by atoms with Crippen LogP contribution in [-0.2, 0) is 0 Å². The van der Waals surface area contributed by atoms with Crippen molar-refractivity contribution in [3.8, 4) is 11.3 Å². The summed E-state index contributed by atoms with van der Waals surface area (Å²) < 4.78 is 6.37. The molecule has 2 heterocycles. The zero-order chi connectivity index (χ0) is 22.0. The van der Waals surface area contributed by atoms with Crippen LogP contribution in [0.2, 0.25) is 0 Å². The number of amides is 1. The van der Waals surface area contributed by atoms with Gasteiger partial charge in [-0.05, 0) is 36.4 Å². The fraction of sp³-hybridized carbons (Fsp3) is 0. The van der Waals surface area contributed by atoms with Gasteiger partial charge >= 0.3 is 5.97 Å². The van der Waals surface area contributed by atoms with E-state index < -0.39 is 16.8 Å². The highest BCUT2D eigenvalue weighted by Gasteiger charge is 2.13. The van der Waals surface area contributed by atoms with Gasteiger partial charge in [-0.25, -0.2) is 10.2 Å². The minimum atomic E-state index is -1.03. The van der Waals surface area contributed by atoms with Crippen LogP contribution in [0.1, 0.15) is 25.8 Å². The number of nitro benzene ring substituents is 1. The van der Waals surface area contributed by atoms with E-state index in [9.17, 15) is 19.7 Å². The van der Waals surface area contributed by atoms with Crippen molar-refractivity contribution in [2.75, 3.05) is 0 Å². The van der Waals surface area contributed by atoms with Crippen LogP contribution in [0, 0.1) is 10.1 Å². The number of hydrogen-bond acceptors (Lipinski definition) is 7. The summed E-state index contributed by atoms with van der Waals surface area (Å²) in [6, 6.07) is 15.6. The number of fused-ring (bicyclic) bond motifs is 1. The molecule has 1 amide bonds. The number of furan rings is 1. The van der Waals surface area contributed by atoms with Crippen LogP contribution in [0.25, 0.3) is 21.4 Å². The number of benzene rings is 2. The molecule has 0 aliphatic rings. The maximum Gasteiger partial charge on any atom is 0.335 e. The molecule has 0 atom stereocenters. The normalized spacial score (nSPS) is 11.1. The summed E-state index contributed by atoms with van der Waals surface area (Å²) in [7, 11) is 0. The third-order valence-corrected chi connectivity index (χ3v) is 5.43. The maximum atomic E-state index is 12.3. The van der Waals surface area contributed by atoms with Gasteiger partial charge in [0.25, 0.3) is 11.6 Å². The standard InChI is InChI=1S/C21H13N3O6S/c25-20(19-10-14-9-15(24(28)29)4-7-18(14)31-19)23-22-11-16-5-6-17(30-16)12-2-1-3-13(8-12)21(26)27/h1-11H,(H,23,25)(H,26,27). The van der Waals surface area contributed by atoms with Crippen LogP contribution in [0.5, 0.6) is 0 Å². The fourth-order valence-electron chi connectivity index (χ4n) is 2.85. The molecule has 9 nitrogen and oxygen atoms in total. The van der Waals surface area contributed by atoms with Gasteiger partial charge in [0.2, 0.25) is 0 Å². The first-order chi connectivity index (χ1) is 14.9. The summed E-state index contributed by atoms with van der Waals surface area (Å²) in [5, 5.41) is 24.4. The molecular formula is C21H13N3O6S. The molecule has 2 N–H and O–H groups in total. The molecule has 0 spiro atoms. The largest absolute Gasteiger partial charge is 0.478 e. The van der Waals surface area contributed by atoms with Crippen molar-refractivity contribution in [2.45, 2.75) is 0 Å². The molecule has 0 aliphatic heterocycles. The molecule has 31 heavy (non-hydrogen) atoms. The Morgan fingerprint density at radius 2 is 1.97 bits per heavy atom. The number of hydrogen-bond donors (Lipinski definition) is 2. The SMILES string of the molecule is O=C(O)c1cccc(-c2ccc(C=NNC(=O)c3cc4cc([N+](=O)[O-])ccc4s3)o2)c1. The van der Waals surface area contributed by atoms with Crippen molar-refractivity contribution in [1.82, 2.24) is 5.43 Å². The number of carboxylic acids is 1. The van der Waals surface area contributed by atoms with E-state index in [1.807, 2.05) is 0 Å². The van der Waals surface area contributed by atoms with Crippen LogP contribution >= 0.6 is 11.3 Å². The zero-order valence-electron chi connectivity index (χ0n) is 15.6. The minimum Gasteiger partial charge on any atom is -0.478 e. The average Bonchev–Trinajstić information content (AvgIpc) is 3.40. The second-order valence-corrected chi connectivity index (χ2v) is 7.46. The van der Waals surface area contributed by atoms with Gasteiger partial charge < -0.3 is 9.52 Å². The van der Waals surface area contributed by atoms with Gasteiger partial charge in [-0.2, -0.15) is 5.10 Å². The zero-order valence-corrected chi connectivity index (χ0v) is 16.5. The molecule has 2 aromatic heterocycles. The van der Waals surface area contributed by atoms with Crippen molar-refractivity contribution < 1.29 is 24.0 Å². The lowest BCUT2D eigenvalue weighted by Gasteiger charge is -1.99. The predicted molar refractivity (Wildman–Crippen MR) is 115 cm³/mol. The maximum absolute atomic E-state index is 12.3. The lowest BCUT2D eigenvalue weighted by molar-refractivity contribution is -0.384. The summed E-state index contributed by atoms with van der Waals surface area (Å²) in [6.07, 6.45) is 1.32. The van der Waals surface area contributed by atoms with Gasteiger partial charge in [0.05, 0.1) is 21.6 Å². The lowest BCUT2D eigenvalue weighted by atomic mass is 10.1. The van der Waals surface area contributed by atoms with Gasteiger partial charge in [0.1, 0.15) is 11.5 Å². The second kappa shape index (κ2) is 8.20. The molecule has 0 aliphatic carbocycles. The Labute approximate surface area is 178 Å². The number of aromatic carboxylic acids is 1. The van der Waals surface area contributed by atoms with Gasteiger partial charge in [-0.3, -0.25) is 14.9 Å². The van der Waals surface area contributed by atoms with E-state index in [0.29, 0.717) is 27.3 Å². The number of nitro groups is 1. The average molecular weight is 435 g/mol. The van der Waals surface area contributed by atoms with Crippen molar-refractivity contribution in [3.05, 3.63) is 87.0 Å². The number of carbonyl (C=O) groups excluding carboxylic acids is 1. The van der Waals surface area contributed by atoms with Crippen molar-refractivity contribution in [1.29, 1.82) is 0 Å². The van der Waals surface area contributed by atoms with Gasteiger partial charge in [-0.15, -0.1) is 11.3 Å². The van der Waals surface area contributed by atoms with Crippen molar-refractivity contribution >= 4 is 45.2 Å². The Morgan fingerprint density at radius 1 is 1.13 bits per heavy atom. The van der Waals surface area contributed by atoms with E-state index in [1.54, 1.807) is 36.4 Å². The Balaban J connectivity index is 1.45. The van der Waals surface area contributed by atoms with Gasteiger partial charge in [0, 0.05) is 27.8 Å². The molecule has 154 valence electrons. The molecule has 0 bridgehead atoms. The Kier molecular flexibility index (Phi) is 5.29. The van der Waals surface area contributed by atoms with Gasteiger partial charge in [0.15, 0.2) is 0 Å². The monoisotopic (exact) mass is 435 g/mol. The first kappa shape index (κ1) is 20.0. The first-order valence-corrected chi connectivity index (χ1v) is 9.67.